The first-order valence-electron chi connectivity index (χ1n) is 5.67. The number of aromatic nitrogens is 1. The molecule has 0 spiro atoms. The maximum Gasteiger partial charge on any atom is 0.328 e. The highest BCUT2D eigenvalue weighted by atomic mass is 35.5. The lowest BCUT2D eigenvalue weighted by Gasteiger charge is -2.14. The highest BCUT2D eigenvalue weighted by Gasteiger charge is 2.15. The lowest BCUT2D eigenvalue weighted by atomic mass is 10.2. The van der Waals surface area contributed by atoms with Gasteiger partial charge in [0, 0.05) is 36.6 Å². The van der Waals surface area contributed by atoms with E-state index >= 15 is 0 Å². The standard InChI is InChI=1S/C14H15ClN2O/c1-4-5-12-9-10-8-11(15)6-7-13(10)17(12)14(18)16(2)3/h4,6-9H,1,5H2,2-3H3. The van der Waals surface area contributed by atoms with Gasteiger partial charge in [0.25, 0.3) is 0 Å². The Hall–Kier alpha value is -1.74. The molecule has 2 aromatic rings. The molecule has 1 amide bonds. The first kappa shape index (κ1) is 12.7. The van der Waals surface area contributed by atoms with Crippen molar-refractivity contribution in [1.82, 2.24) is 9.47 Å². The van der Waals surface area contributed by atoms with E-state index in [4.69, 9.17) is 11.6 Å². The van der Waals surface area contributed by atoms with Gasteiger partial charge >= 0.3 is 6.03 Å². The molecule has 0 atom stereocenters. The number of hydrogen-bond donors (Lipinski definition) is 0. The van der Waals surface area contributed by atoms with Gasteiger partial charge in [-0.25, -0.2) is 4.79 Å². The Morgan fingerprint density at radius 3 is 2.78 bits per heavy atom. The Bertz CT molecular complexity index is 614. The summed E-state index contributed by atoms with van der Waals surface area (Å²) in [6.45, 7) is 3.72. The van der Waals surface area contributed by atoms with Crippen LogP contribution in [0.5, 0.6) is 0 Å². The van der Waals surface area contributed by atoms with E-state index in [-0.39, 0.29) is 6.03 Å². The van der Waals surface area contributed by atoms with Crippen LogP contribution in [0.2, 0.25) is 5.02 Å². The number of amides is 1. The van der Waals surface area contributed by atoms with Crippen LogP contribution >= 0.6 is 11.6 Å². The topological polar surface area (TPSA) is 25.2 Å². The van der Waals surface area contributed by atoms with Crippen molar-refractivity contribution in [2.24, 2.45) is 0 Å². The van der Waals surface area contributed by atoms with E-state index in [1.54, 1.807) is 35.7 Å². The molecule has 0 radical (unpaired) electrons. The molecule has 1 heterocycles. The molecule has 18 heavy (non-hydrogen) atoms. The van der Waals surface area contributed by atoms with E-state index in [0.29, 0.717) is 11.4 Å². The molecule has 0 saturated heterocycles. The number of benzene rings is 1. The molecule has 0 aliphatic carbocycles. The van der Waals surface area contributed by atoms with Crippen LogP contribution in [0.1, 0.15) is 5.69 Å². The largest absolute Gasteiger partial charge is 0.330 e. The van der Waals surface area contributed by atoms with E-state index in [1.807, 2.05) is 18.2 Å². The van der Waals surface area contributed by atoms with Gasteiger partial charge in [0.2, 0.25) is 0 Å². The van der Waals surface area contributed by atoms with Gasteiger partial charge in [-0.15, -0.1) is 6.58 Å². The van der Waals surface area contributed by atoms with Gasteiger partial charge in [-0.3, -0.25) is 4.57 Å². The summed E-state index contributed by atoms with van der Waals surface area (Å²) in [7, 11) is 3.48. The van der Waals surface area contributed by atoms with E-state index in [0.717, 1.165) is 16.6 Å². The van der Waals surface area contributed by atoms with Crippen LogP contribution in [0.25, 0.3) is 10.9 Å². The summed E-state index contributed by atoms with van der Waals surface area (Å²) in [6.07, 6.45) is 2.43. The molecule has 0 bridgehead atoms. The van der Waals surface area contributed by atoms with Crippen molar-refractivity contribution in [3.05, 3.63) is 47.6 Å². The van der Waals surface area contributed by atoms with Crippen LogP contribution in [0.3, 0.4) is 0 Å². The zero-order valence-electron chi connectivity index (χ0n) is 10.5. The molecular formula is C14H15ClN2O. The van der Waals surface area contributed by atoms with Gasteiger partial charge in [-0.05, 0) is 24.3 Å². The second-order valence-electron chi connectivity index (χ2n) is 4.34. The maximum atomic E-state index is 12.2. The highest BCUT2D eigenvalue weighted by molar-refractivity contribution is 6.31. The number of hydrogen-bond acceptors (Lipinski definition) is 1. The fourth-order valence-corrected chi connectivity index (χ4v) is 2.15. The van der Waals surface area contributed by atoms with E-state index in [9.17, 15) is 4.79 Å². The normalized spacial score (nSPS) is 10.6. The molecule has 0 aliphatic heterocycles. The Morgan fingerprint density at radius 1 is 1.44 bits per heavy atom. The molecule has 1 aromatic heterocycles. The Labute approximate surface area is 111 Å². The summed E-state index contributed by atoms with van der Waals surface area (Å²) < 4.78 is 1.70. The Morgan fingerprint density at radius 2 is 2.17 bits per heavy atom. The van der Waals surface area contributed by atoms with Crippen LogP contribution in [0, 0.1) is 0 Å². The van der Waals surface area contributed by atoms with Crippen molar-refractivity contribution in [3.63, 3.8) is 0 Å². The third-order valence-electron chi connectivity index (χ3n) is 2.77. The zero-order valence-corrected chi connectivity index (χ0v) is 11.2. The molecule has 0 saturated carbocycles. The second-order valence-corrected chi connectivity index (χ2v) is 4.78. The number of carbonyl (C=O) groups excluding carboxylic acids is 1. The van der Waals surface area contributed by atoms with Crippen LogP contribution < -0.4 is 0 Å². The quantitative estimate of drug-likeness (QED) is 0.760. The minimum Gasteiger partial charge on any atom is -0.330 e. The fourth-order valence-electron chi connectivity index (χ4n) is 1.97. The summed E-state index contributed by atoms with van der Waals surface area (Å²) in [5.74, 6) is 0. The third-order valence-corrected chi connectivity index (χ3v) is 3.00. The molecule has 1 aromatic carbocycles. The van der Waals surface area contributed by atoms with E-state index in [2.05, 4.69) is 6.58 Å². The smallest absolute Gasteiger partial charge is 0.328 e. The van der Waals surface area contributed by atoms with E-state index < -0.39 is 0 Å². The Balaban J connectivity index is 2.69. The zero-order chi connectivity index (χ0) is 13.3. The number of allylic oxidation sites excluding steroid dienone is 1. The SMILES string of the molecule is C=CCc1cc2cc(Cl)ccc2n1C(=O)N(C)C. The molecular weight excluding hydrogens is 248 g/mol. The third kappa shape index (κ3) is 2.14. The van der Waals surface area contributed by atoms with Gasteiger partial charge in [-0.2, -0.15) is 0 Å². The molecule has 3 nitrogen and oxygen atoms in total. The van der Waals surface area contributed by atoms with E-state index in [1.165, 1.54) is 0 Å². The summed E-state index contributed by atoms with van der Waals surface area (Å²) >= 11 is 5.97. The molecule has 0 unspecified atom stereocenters. The predicted molar refractivity (Wildman–Crippen MR) is 75.3 cm³/mol. The van der Waals surface area contributed by atoms with Gasteiger partial charge < -0.3 is 4.90 Å². The van der Waals surface area contributed by atoms with Gasteiger partial charge in [0.15, 0.2) is 0 Å². The predicted octanol–water partition coefficient (Wildman–Crippen LogP) is 3.55. The van der Waals surface area contributed by atoms with Crippen molar-refractivity contribution < 1.29 is 4.79 Å². The molecule has 4 heteroatoms. The van der Waals surface area contributed by atoms with Gasteiger partial charge in [-0.1, -0.05) is 17.7 Å². The second kappa shape index (κ2) is 4.86. The van der Waals surface area contributed by atoms with Crippen molar-refractivity contribution in [2.75, 3.05) is 14.1 Å². The Kier molecular flexibility index (Phi) is 3.43. The van der Waals surface area contributed by atoms with Crippen LogP contribution in [0.15, 0.2) is 36.9 Å². The van der Waals surface area contributed by atoms with Crippen LogP contribution in [-0.2, 0) is 6.42 Å². The highest BCUT2D eigenvalue weighted by Crippen LogP contribution is 2.24. The number of nitrogens with zero attached hydrogens (tertiary/aromatic N) is 2. The van der Waals surface area contributed by atoms with Crippen molar-refractivity contribution in [1.29, 1.82) is 0 Å². The number of carbonyl (C=O) groups is 1. The molecule has 94 valence electrons. The van der Waals surface area contributed by atoms with Crippen molar-refractivity contribution >= 4 is 28.5 Å². The van der Waals surface area contributed by atoms with Crippen LogP contribution in [-0.4, -0.2) is 29.6 Å². The summed E-state index contributed by atoms with van der Waals surface area (Å²) in [4.78, 5) is 13.8. The first-order chi connectivity index (χ1) is 8.54. The summed E-state index contributed by atoms with van der Waals surface area (Å²) in [5, 5.41) is 1.64. The van der Waals surface area contributed by atoms with Crippen molar-refractivity contribution in [3.8, 4) is 0 Å². The molecule has 0 aliphatic rings. The molecule has 2 rings (SSSR count). The number of fused-ring (bicyclic) bond motifs is 1. The van der Waals surface area contributed by atoms with Crippen molar-refractivity contribution in [2.45, 2.75) is 6.42 Å². The molecule has 0 fully saturated rings. The lowest BCUT2D eigenvalue weighted by molar-refractivity contribution is 0.219. The number of halogens is 1. The summed E-state index contributed by atoms with van der Waals surface area (Å²) in [6, 6.07) is 7.43. The first-order valence-corrected chi connectivity index (χ1v) is 6.05. The monoisotopic (exact) mass is 262 g/mol. The maximum absolute atomic E-state index is 12.2. The van der Waals surface area contributed by atoms with Crippen LogP contribution in [0.4, 0.5) is 4.79 Å². The number of rotatable bonds is 2. The van der Waals surface area contributed by atoms with Gasteiger partial charge in [0.05, 0.1) is 5.52 Å². The minimum atomic E-state index is -0.0656. The lowest BCUT2D eigenvalue weighted by Crippen LogP contribution is -2.28. The van der Waals surface area contributed by atoms with Gasteiger partial charge in [0.1, 0.15) is 0 Å². The average Bonchev–Trinajstić information content (AvgIpc) is 2.65. The summed E-state index contributed by atoms with van der Waals surface area (Å²) in [5.41, 5.74) is 1.79. The average molecular weight is 263 g/mol. The molecule has 0 N–H and O–H groups in total. The minimum absolute atomic E-state index is 0.0656. The fraction of sp³-hybridized carbons (Fsp3) is 0.214.